The minimum absolute atomic E-state index is 0.0589. The Labute approximate surface area is 117 Å². The smallest absolute Gasteiger partial charge is 0.394 e. The Hall–Kier alpha value is -2.52. The Morgan fingerprint density at radius 1 is 0.818 bits per heavy atom. The Balaban J connectivity index is 2.52. The van der Waals surface area contributed by atoms with Crippen LogP contribution in [-0.2, 0) is 12.4 Å². The molecule has 0 unspecified atom stereocenters. The largest absolute Gasteiger partial charge is 0.416 e. The van der Waals surface area contributed by atoms with E-state index < -0.39 is 51.4 Å². The fourth-order valence-corrected chi connectivity index (χ4v) is 1.70. The van der Waals surface area contributed by atoms with Crippen LogP contribution in [-0.4, -0.2) is 0 Å². The predicted molar refractivity (Wildman–Crippen MR) is 65.5 cm³/mol. The lowest BCUT2D eigenvalue weighted by Gasteiger charge is -2.16. The Kier molecular flexibility index (Phi) is 3.42. The van der Waals surface area contributed by atoms with Crippen molar-refractivity contribution in [3.63, 3.8) is 0 Å². The first-order chi connectivity index (χ1) is 9.91. The van der Waals surface area contributed by atoms with Gasteiger partial charge in [-0.2, -0.15) is 26.3 Å². The van der Waals surface area contributed by atoms with E-state index >= 15 is 0 Å². The summed E-state index contributed by atoms with van der Waals surface area (Å²) in [5.41, 5.74) is -1.84. The second-order valence-corrected chi connectivity index (χ2v) is 4.37. The Bertz CT molecular complexity index is 767. The number of halogens is 6. The molecule has 0 aliphatic rings. The number of rotatable bonds is 2. The molecule has 4 nitrogen and oxygen atoms in total. The van der Waals surface area contributed by atoms with E-state index in [1.807, 2.05) is 5.32 Å². The molecule has 0 atom stereocenters. The topological polar surface area (TPSA) is 72.2 Å². The summed E-state index contributed by atoms with van der Waals surface area (Å²) in [5, 5.41) is 2.02. The predicted octanol–water partition coefficient (Wildman–Crippen LogP) is 2.65. The molecular formula is C12H6F6N2O2. The van der Waals surface area contributed by atoms with Gasteiger partial charge in [0.1, 0.15) is 11.4 Å². The summed E-state index contributed by atoms with van der Waals surface area (Å²) in [5.74, 6) is 0. The van der Waals surface area contributed by atoms with E-state index in [-0.39, 0.29) is 6.07 Å². The molecule has 0 aliphatic heterocycles. The maximum absolute atomic E-state index is 12.6. The zero-order chi connectivity index (χ0) is 16.9. The third-order valence-electron chi connectivity index (χ3n) is 2.80. The molecule has 0 bridgehead atoms. The van der Waals surface area contributed by atoms with Crippen LogP contribution in [0.4, 0.5) is 43.4 Å². The molecule has 3 N–H and O–H groups in total. The number of benzene rings is 1. The van der Waals surface area contributed by atoms with Gasteiger partial charge in [0.25, 0.3) is 10.9 Å². The fourth-order valence-electron chi connectivity index (χ4n) is 1.70. The molecule has 0 aliphatic carbocycles. The molecular weight excluding hydrogens is 318 g/mol. The van der Waals surface area contributed by atoms with E-state index in [0.29, 0.717) is 12.1 Å². The molecule has 0 saturated heterocycles. The van der Waals surface area contributed by atoms with Crippen molar-refractivity contribution in [3.8, 4) is 0 Å². The van der Waals surface area contributed by atoms with Crippen molar-refractivity contribution in [2.75, 3.05) is 11.1 Å². The second kappa shape index (κ2) is 4.75. The van der Waals surface area contributed by atoms with Crippen LogP contribution in [0.1, 0.15) is 11.1 Å². The van der Waals surface area contributed by atoms with Gasteiger partial charge in [0, 0.05) is 5.69 Å². The summed E-state index contributed by atoms with van der Waals surface area (Å²) < 4.78 is 75.8. The van der Waals surface area contributed by atoms with Crippen molar-refractivity contribution >= 4 is 17.1 Å². The number of alkyl halides is 6. The Morgan fingerprint density at radius 2 is 1.27 bits per heavy atom. The summed E-state index contributed by atoms with van der Waals surface area (Å²) in [7, 11) is 0. The van der Waals surface area contributed by atoms with Crippen molar-refractivity contribution in [2.24, 2.45) is 0 Å². The van der Waals surface area contributed by atoms with Gasteiger partial charge < -0.3 is 11.1 Å². The molecule has 0 radical (unpaired) electrons. The van der Waals surface area contributed by atoms with Crippen molar-refractivity contribution < 1.29 is 26.3 Å². The van der Waals surface area contributed by atoms with Crippen LogP contribution in [0.25, 0.3) is 0 Å². The van der Waals surface area contributed by atoms with Crippen LogP contribution in [0.3, 0.4) is 0 Å². The summed E-state index contributed by atoms with van der Waals surface area (Å²) in [6, 6.07) is 0.702. The number of nitrogen functional groups attached to an aromatic ring is 1. The highest BCUT2D eigenvalue weighted by Gasteiger charge is 2.37. The summed E-state index contributed by atoms with van der Waals surface area (Å²) in [4.78, 5) is 22.0. The molecule has 0 amide bonds. The van der Waals surface area contributed by atoms with Crippen LogP contribution in [0.2, 0.25) is 0 Å². The van der Waals surface area contributed by atoms with E-state index in [2.05, 4.69) is 0 Å². The van der Waals surface area contributed by atoms with Crippen LogP contribution < -0.4 is 21.9 Å². The van der Waals surface area contributed by atoms with Gasteiger partial charge in [-0.3, -0.25) is 9.59 Å². The minimum atomic E-state index is -5.02. The molecule has 2 rings (SSSR count). The van der Waals surface area contributed by atoms with Gasteiger partial charge >= 0.3 is 12.4 Å². The number of hydrogen-bond acceptors (Lipinski definition) is 4. The lowest BCUT2D eigenvalue weighted by atomic mass is 10.1. The first-order valence-electron chi connectivity index (χ1n) is 5.56. The molecule has 2 aromatic carbocycles. The second-order valence-electron chi connectivity index (χ2n) is 4.37. The number of nitrogens with two attached hydrogens (primary N) is 1. The summed E-state index contributed by atoms with van der Waals surface area (Å²) in [6.45, 7) is 0. The van der Waals surface area contributed by atoms with Crippen LogP contribution in [0.15, 0.2) is 27.8 Å². The van der Waals surface area contributed by atoms with Gasteiger partial charge in [0.15, 0.2) is 0 Å². The van der Waals surface area contributed by atoms with E-state index in [0.717, 1.165) is 0 Å². The number of nitrogens with one attached hydrogen (secondary N) is 1. The quantitative estimate of drug-likeness (QED) is 0.658. The van der Waals surface area contributed by atoms with Crippen molar-refractivity contribution in [1.29, 1.82) is 0 Å². The van der Waals surface area contributed by atoms with E-state index in [1.54, 1.807) is 0 Å². The zero-order valence-corrected chi connectivity index (χ0v) is 10.4. The molecule has 22 heavy (non-hydrogen) atoms. The molecule has 0 saturated carbocycles. The van der Waals surface area contributed by atoms with Gasteiger partial charge in [-0.1, -0.05) is 0 Å². The first-order valence-corrected chi connectivity index (χ1v) is 5.56. The number of hydrogen-bond donors (Lipinski definition) is 2. The molecule has 0 spiro atoms. The third-order valence-corrected chi connectivity index (χ3v) is 2.80. The van der Waals surface area contributed by atoms with Gasteiger partial charge in [0.05, 0.1) is 11.1 Å². The highest BCUT2D eigenvalue weighted by molar-refractivity contribution is 5.77. The SMILES string of the molecule is Nc1c(Nc2cc(C(F)(F)F)cc(C(F)(F)F)c2)c(=O)c1=O. The van der Waals surface area contributed by atoms with E-state index in [4.69, 9.17) is 5.73 Å². The molecule has 2 aromatic rings. The van der Waals surface area contributed by atoms with Gasteiger partial charge in [0.2, 0.25) is 0 Å². The van der Waals surface area contributed by atoms with Crippen LogP contribution >= 0.6 is 0 Å². The lowest BCUT2D eigenvalue weighted by Crippen LogP contribution is -2.36. The molecule has 0 fully saturated rings. The van der Waals surface area contributed by atoms with Gasteiger partial charge in [-0.25, -0.2) is 0 Å². The van der Waals surface area contributed by atoms with E-state index in [1.165, 1.54) is 0 Å². The first kappa shape index (κ1) is 15.9. The maximum atomic E-state index is 12.6. The van der Waals surface area contributed by atoms with Gasteiger partial charge in [-0.15, -0.1) is 0 Å². The Morgan fingerprint density at radius 3 is 1.64 bits per heavy atom. The zero-order valence-electron chi connectivity index (χ0n) is 10.4. The average molecular weight is 324 g/mol. The van der Waals surface area contributed by atoms with Gasteiger partial charge in [-0.05, 0) is 18.2 Å². The minimum Gasteiger partial charge on any atom is -0.394 e. The van der Waals surface area contributed by atoms with Crippen molar-refractivity contribution in [2.45, 2.75) is 12.4 Å². The molecule has 0 heterocycles. The fraction of sp³-hybridized carbons (Fsp3) is 0.167. The normalized spacial score (nSPS) is 12.6. The molecule has 118 valence electrons. The highest BCUT2D eigenvalue weighted by Crippen LogP contribution is 2.38. The highest BCUT2D eigenvalue weighted by atomic mass is 19.4. The monoisotopic (exact) mass is 324 g/mol. The van der Waals surface area contributed by atoms with E-state index in [9.17, 15) is 35.9 Å². The standard InChI is InChI=1S/C12H6F6N2O2/c13-11(14,15)4-1-5(12(16,17)18)3-6(2-4)20-8-7(19)9(21)10(8)22/h1-3,20H,19H2. The lowest BCUT2D eigenvalue weighted by molar-refractivity contribution is -0.143. The maximum Gasteiger partial charge on any atom is 0.416 e. The van der Waals surface area contributed by atoms with Crippen molar-refractivity contribution in [3.05, 3.63) is 49.8 Å². The van der Waals surface area contributed by atoms with Crippen molar-refractivity contribution in [1.82, 2.24) is 0 Å². The number of anilines is 3. The van der Waals surface area contributed by atoms with Crippen LogP contribution in [0, 0.1) is 0 Å². The summed E-state index contributed by atoms with van der Waals surface area (Å²) >= 11 is 0. The third kappa shape index (κ3) is 2.76. The summed E-state index contributed by atoms with van der Waals surface area (Å²) in [6.07, 6.45) is -10.0. The average Bonchev–Trinajstić information content (AvgIpc) is 2.41. The molecule has 0 aromatic heterocycles. The molecule has 10 heteroatoms. The van der Waals surface area contributed by atoms with Crippen LogP contribution in [0.5, 0.6) is 0 Å².